The van der Waals surface area contributed by atoms with Crippen LogP contribution in [-0.2, 0) is 0 Å². The molecule has 0 amide bonds. The van der Waals surface area contributed by atoms with Crippen LogP contribution in [0.3, 0.4) is 0 Å². The molecule has 0 bridgehead atoms. The Balaban J connectivity index is 2.38. The molecule has 0 spiro atoms. The highest BCUT2D eigenvalue weighted by Crippen LogP contribution is 2.25. The molecule has 3 rings (SSSR count). The molecule has 0 atom stereocenters. The third-order valence-electron chi connectivity index (χ3n) is 3.00. The van der Waals surface area contributed by atoms with Crippen LogP contribution >= 0.6 is 0 Å². The molecule has 2 aromatic carbocycles. The van der Waals surface area contributed by atoms with Crippen molar-refractivity contribution in [3.8, 4) is 5.69 Å². The summed E-state index contributed by atoms with van der Waals surface area (Å²) in [5, 5.41) is 9.85. The summed E-state index contributed by atoms with van der Waals surface area (Å²) in [4.78, 5) is 11.3. The van der Waals surface area contributed by atoms with Gasteiger partial charge >= 0.3 is 5.97 Å². The predicted octanol–water partition coefficient (Wildman–Crippen LogP) is 3.47. The first kappa shape index (κ1) is 11.5. The van der Waals surface area contributed by atoms with Gasteiger partial charge in [-0.1, -0.05) is 18.2 Å². The highest BCUT2D eigenvalue weighted by Gasteiger charge is 2.16. The molecule has 4 heteroatoms. The SMILES string of the molecule is O=C(O)c1cc2cc(F)ccc2n1-c1ccccc1. The standard InChI is InChI=1S/C15H10FNO2/c16-11-6-7-13-10(8-11)9-14(15(18)19)17(13)12-4-2-1-3-5-12/h1-9H,(H,18,19). The number of aromatic carboxylic acids is 1. The van der Waals surface area contributed by atoms with Crippen LogP contribution in [0.2, 0.25) is 0 Å². The van der Waals surface area contributed by atoms with Crippen LogP contribution in [0, 0.1) is 5.82 Å². The molecule has 1 heterocycles. The van der Waals surface area contributed by atoms with Gasteiger partial charge in [0, 0.05) is 11.1 Å². The van der Waals surface area contributed by atoms with Crippen LogP contribution < -0.4 is 0 Å². The third kappa shape index (κ3) is 1.87. The van der Waals surface area contributed by atoms with E-state index in [0.717, 1.165) is 5.69 Å². The van der Waals surface area contributed by atoms with Crippen molar-refractivity contribution in [1.29, 1.82) is 0 Å². The number of benzene rings is 2. The highest BCUT2D eigenvalue weighted by atomic mass is 19.1. The number of aromatic nitrogens is 1. The minimum Gasteiger partial charge on any atom is -0.477 e. The Morgan fingerprint density at radius 2 is 1.79 bits per heavy atom. The van der Waals surface area contributed by atoms with Gasteiger partial charge in [0.2, 0.25) is 0 Å². The average Bonchev–Trinajstić information content (AvgIpc) is 2.78. The summed E-state index contributed by atoms with van der Waals surface area (Å²) in [6.45, 7) is 0. The molecule has 0 aliphatic carbocycles. The van der Waals surface area contributed by atoms with Crippen molar-refractivity contribution < 1.29 is 14.3 Å². The Morgan fingerprint density at radius 1 is 1.05 bits per heavy atom. The molecule has 0 aliphatic rings. The molecule has 3 nitrogen and oxygen atoms in total. The smallest absolute Gasteiger partial charge is 0.352 e. The Bertz CT molecular complexity index is 762. The summed E-state index contributed by atoms with van der Waals surface area (Å²) in [7, 11) is 0. The van der Waals surface area contributed by atoms with E-state index in [1.807, 2.05) is 30.3 Å². The monoisotopic (exact) mass is 255 g/mol. The summed E-state index contributed by atoms with van der Waals surface area (Å²) in [6, 6.07) is 14.9. The number of halogens is 1. The zero-order chi connectivity index (χ0) is 13.4. The maximum absolute atomic E-state index is 13.2. The van der Waals surface area contributed by atoms with E-state index in [4.69, 9.17) is 0 Å². The Labute approximate surface area is 108 Å². The van der Waals surface area contributed by atoms with Crippen LogP contribution in [0.25, 0.3) is 16.6 Å². The van der Waals surface area contributed by atoms with Crippen molar-refractivity contribution in [1.82, 2.24) is 4.57 Å². The maximum Gasteiger partial charge on any atom is 0.352 e. The topological polar surface area (TPSA) is 42.2 Å². The molecule has 0 unspecified atom stereocenters. The van der Waals surface area contributed by atoms with Crippen molar-refractivity contribution >= 4 is 16.9 Å². The van der Waals surface area contributed by atoms with E-state index in [9.17, 15) is 14.3 Å². The number of hydrogen-bond acceptors (Lipinski definition) is 1. The first-order valence-electron chi connectivity index (χ1n) is 5.76. The summed E-state index contributed by atoms with van der Waals surface area (Å²) in [5.41, 5.74) is 1.53. The lowest BCUT2D eigenvalue weighted by Gasteiger charge is -2.07. The van der Waals surface area contributed by atoms with Gasteiger partial charge < -0.3 is 9.67 Å². The zero-order valence-corrected chi connectivity index (χ0v) is 9.88. The number of carboxylic acid groups (broad SMARTS) is 1. The number of carboxylic acids is 1. The summed E-state index contributed by atoms with van der Waals surface area (Å²) >= 11 is 0. The molecule has 1 aromatic heterocycles. The fourth-order valence-electron chi connectivity index (χ4n) is 2.20. The average molecular weight is 255 g/mol. The number of rotatable bonds is 2. The molecule has 19 heavy (non-hydrogen) atoms. The third-order valence-corrected chi connectivity index (χ3v) is 3.00. The molecule has 0 saturated carbocycles. The van der Waals surface area contributed by atoms with Gasteiger partial charge in [-0.05, 0) is 36.4 Å². The van der Waals surface area contributed by atoms with Gasteiger partial charge in [0.15, 0.2) is 0 Å². The van der Waals surface area contributed by atoms with Crippen molar-refractivity contribution in [2.45, 2.75) is 0 Å². The van der Waals surface area contributed by atoms with Crippen LogP contribution in [0.1, 0.15) is 10.5 Å². The van der Waals surface area contributed by atoms with Crippen molar-refractivity contribution in [3.05, 3.63) is 66.1 Å². The predicted molar refractivity (Wildman–Crippen MR) is 70.2 cm³/mol. The normalized spacial score (nSPS) is 10.8. The molecule has 3 aromatic rings. The van der Waals surface area contributed by atoms with Crippen LogP contribution in [0.5, 0.6) is 0 Å². The largest absolute Gasteiger partial charge is 0.477 e. The second-order valence-electron chi connectivity index (χ2n) is 4.21. The molecule has 0 fully saturated rings. The van der Waals surface area contributed by atoms with E-state index in [1.54, 1.807) is 10.6 Å². The number of nitrogens with zero attached hydrogens (tertiary/aromatic N) is 1. The lowest BCUT2D eigenvalue weighted by atomic mass is 10.2. The van der Waals surface area contributed by atoms with Crippen molar-refractivity contribution in [3.63, 3.8) is 0 Å². The maximum atomic E-state index is 13.2. The molecule has 0 saturated heterocycles. The molecular weight excluding hydrogens is 245 g/mol. The van der Waals surface area contributed by atoms with Gasteiger partial charge in [-0.15, -0.1) is 0 Å². The Morgan fingerprint density at radius 3 is 2.47 bits per heavy atom. The molecular formula is C15H10FNO2. The first-order valence-corrected chi connectivity index (χ1v) is 5.76. The van der Waals surface area contributed by atoms with Crippen LogP contribution in [0.15, 0.2) is 54.6 Å². The lowest BCUT2D eigenvalue weighted by molar-refractivity contribution is 0.0688. The van der Waals surface area contributed by atoms with Gasteiger partial charge in [0.1, 0.15) is 11.5 Å². The molecule has 94 valence electrons. The Hall–Kier alpha value is -2.62. The van der Waals surface area contributed by atoms with Crippen LogP contribution in [0.4, 0.5) is 4.39 Å². The molecule has 0 radical (unpaired) electrons. The molecule has 1 N–H and O–H groups in total. The van der Waals surface area contributed by atoms with Crippen LogP contribution in [-0.4, -0.2) is 15.6 Å². The van der Waals surface area contributed by atoms with E-state index >= 15 is 0 Å². The van der Waals surface area contributed by atoms with E-state index in [1.165, 1.54) is 18.2 Å². The number of para-hydroxylation sites is 1. The van der Waals surface area contributed by atoms with E-state index in [-0.39, 0.29) is 11.5 Å². The van der Waals surface area contributed by atoms with Crippen molar-refractivity contribution in [2.24, 2.45) is 0 Å². The highest BCUT2D eigenvalue weighted by molar-refractivity contribution is 5.96. The zero-order valence-electron chi connectivity index (χ0n) is 9.88. The van der Waals surface area contributed by atoms with E-state index < -0.39 is 5.97 Å². The summed E-state index contributed by atoms with van der Waals surface area (Å²) in [5.74, 6) is -1.42. The quantitative estimate of drug-likeness (QED) is 0.761. The van der Waals surface area contributed by atoms with Gasteiger partial charge in [-0.25, -0.2) is 9.18 Å². The Kier molecular flexibility index (Phi) is 2.56. The van der Waals surface area contributed by atoms with Gasteiger partial charge in [-0.2, -0.15) is 0 Å². The van der Waals surface area contributed by atoms with Crippen molar-refractivity contribution in [2.75, 3.05) is 0 Å². The second-order valence-corrected chi connectivity index (χ2v) is 4.21. The van der Waals surface area contributed by atoms with Gasteiger partial charge in [0.05, 0.1) is 5.52 Å². The number of carbonyl (C=O) groups is 1. The fourth-order valence-corrected chi connectivity index (χ4v) is 2.20. The minimum absolute atomic E-state index is 0.117. The fraction of sp³-hybridized carbons (Fsp3) is 0. The van der Waals surface area contributed by atoms with Gasteiger partial charge in [-0.3, -0.25) is 0 Å². The lowest BCUT2D eigenvalue weighted by Crippen LogP contribution is -2.06. The summed E-state index contributed by atoms with van der Waals surface area (Å²) in [6.07, 6.45) is 0. The first-order chi connectivity index (χ1) is 9.16. The van der Waals surface area contributed by atoms with E-state index in [0.29, 0.717) is 10.9 Å². The van der Waals surface area contributed by atoms with E-state index in [2.05, 4.69) is 0 Å². The summed E-state index contributed by atoms with van der Waals surface area (Å²) < 4.78 is 14.8. The molecule has 0 aliphatic heterocycles. The second kappa shape index (κ2) is 4.24. The number of fused-ring (bicyclic) bond motifs is 1. The number of hydrogen-bond donors (Lipinski definition) is 1. The minimum atomic E-state index is -1.04. The van der Waals surface area contributed by atoms with Gasteiger partial charge in [0.25, 0.3) is 0 Å².